The van der Waals surface area contributed by atoms with Crippen LogP contribution in [0.4, 0.5) is 0 Å². The topological polar surface area (TPSA) is 23.5 Å². The number of aromatic hydroxyl groups is 1. The molecule has 16 heavy (non-hydrogen) atoms. The van der Waals surface area contributed by atoms with Gasteiger partial charge < -0.3 is 5.11 Å². The molecule has 0 unspecified atom stereocenters. The van der Waals surface area contributed by atoms with Gasteiger partial charge in [0.2, 0.25) is 0 Å². The van der Waals surface area contributed by atoms with Crippen molar-refractivity contribution in [1.82, 2.24) is 4.90 Å². The molecule has 0 amide bonds. The van der Waals surface area contributed by atoms with Crippen LogP contribution in [0.5, 0.6) is 5.75 Å². The van der Waals surface area contributed by atoms with E-state index in [1.54, 1.807) is 6.07 Å². The number of hydrogen-bond donors (Lipinski definition) is 1. The van der Waals surface area contributed by atoms with Gasteiger partial charge in [-0.05, 0) is 44.4 Å². The van der Waals surface area contributed by atoms with Crippen molar-refractivity contribution in [2.45, 2.75) is 51.7 Å². The summed E-state index contributed by atoms with van der Waals surface area (Å²) < 4.78 is 0. The minimum Gasteiger partial charge on any atom is -0.508 e. The lowest BCUT2D eigenvalue weighted by Crippen LogP contribution is -2.42. The van der Waals surface area contributed by atoms with Crippen LogP contribution in [-0.4, -0.2) is 22.1 Å². The van der Waals surface area contributed by atoms with Gasteiger partial charge >= 0.3 is 0 Å². The van der Waals surface area contributed by atoms with Crippen molar-refractivity contribution in [2.24, 2.45) is 0 Å². The Kier molecular flexibility index (Phi) is 3.49. The van der Waals surface area contributed by atoms with Gasteiger partial charge in [0.15, 0.2) is 0 Å². The monoisotopic (exact) mass is 219 g/mol. The number of likely N-dealkylation sites (tertiary alicyclic amines) is 1. The molecule has 1 aromatic rings. The Morgan fingerprint density at radius 2 is 1.94 bits per heavy atom. The molecule has 0 spiro atoms. The maximum absolute atomic E-state index is 9.46. The van der Waals surface area contributed by atoms with E-state index >= 15 is 0 Å². The van der Waals surface area contributed by atoms with E-state index in [2.05, 4.69) is 24.8 Å². The molecule has 1 aliphatic heterocycles. The highest BCUT2D eigenvalue weighted by Crippen LogP contribution is 2.25. The molecule has 2 rings (SSSR count). The van der Waals surface area contributed by atoms with Gasteiger partial charge in [0.1, 0.15) is 5.75 Å². The fourth-order valence-corrected chi connectivity index (χ4v) is 2.65. The molecule has 0 aromatic heterocycles. The first-order valence-corrected chi connectivity index (χ1v) is 6.20. The minimum atomic E-state index is 0.370. The zero-order valence-electron chi connectivity index (χ0n) is 10.2. The van der Waals surface area contributed by atoms with E-state index in [-0.39, 0.29) is 0 Å². The summed E-state index contributed by atoms with van der Waals surface area (Å²) in [5, 5.41) is 9.46. The lowest BCUT2D eigenvalue weighted by Gasteiger charge is -2.39. The predicted molar refractivity (Wildman–Crippen MR) is 66.4 cm³/mol. The Morgan fingerprint density at radius 3 is 2.56 bits per heavy atom. The number of hydrogen-bond acceptors (Lipinski definition) is 2. The summed E-state index contributed by atoms with van der Waals surface area (Å²) in [6, 6.07) is 8.93. The third kappa shape index (κ3) is 2.56. The van der Waals surface area contributed by atoms with Crippen LogP contribution in [0, 0.1) is 0 Å². The number of rotatable bonds is 2. The van der Waals surface area contributed by atoms with Gasteiger partial charge in [0, 0.05) is 18.6 Å². The van der Waals surface area contributed by atoms with E-state index in [1.807, 2.05) is 12.1 Å². The second-order valence-electron chi connectivity index (χ2n) is 4.97. The van der Waals surface area contributed by atoms with Crippen LogP contribution in [0.25, 0.3) is 0 Å². The molecule has 0 radical (unpaired) electrons. The lowest BCUT2D eigenvalue weighted by atomic mass is 9.97. The Bertz CT molecular complexity index is 340. The fourth-order valence-electron chi connectivity index (χ4n) is 2.65. The van der Waals surface area contributed by atoms with Gasteiger partial charge in [-0.15, -0.1) is 0 Å². The lowest BCUT2D eigenvalue weighted by molar-refractivity contribution is 0.0952. The second-order valence-corrected chi connectivity index (χ2v) is 4.97. The fraction of sp³-hybridized carbons (Fsp3) is 0.571. The quantitative estimate of drug-likeness (QED) is 0.826. The highest BCUT2D eigenvalue weighted by molar-refractivity contribution is 5.27. The van der Waals surface area contributed by atoms with Crippen LogP contribution in [-0.2, 0) is 6.54 Å². The van der Waals surface area contributed by atoms with Crippen LogP contribution in [0.3, 0.4) is 0 Å². The highest BCUT2D eigenvalue weighted by atomic mass is 16.3. The van der Waals surface area contributed by atoms with E-state index in [0.717, 1.165) is 6.54 Å². The molecule has 2 atom stereocenters. The minimum absolute atomic E-state index is 0.370. The molecule has 88 valence electrons. The molecule has 2 nitrogen and oxygen atoms in total. The van der Waals surface area contributed by atoms with Crippen LogP contribution < -0.4 is 0 Å². The molecule has 1 aliphatic rings. The maximum atomic E-state index is 9.46. The Hall–Kier alpha value is -1.02. The third-order valence-electron chi connectivity index (χ3n) is 3.65. The predicted octanol–water partition coefficient (Wildman–Crippen LogP) is 3.16. The van der Waals surface area contributed by atoms with Crippen LogP contribution in [0.2, 0.25) is 0 Å². The second kappa shape index (κ2) is 4.88. The average Bonchev–Trinajstić information content (AvgIpc) is 2.24. The molecule has 1 heterocycles. The van der Waals surface area contributed by atoms with Crippen molar-refractivity contribution in [3.8, 4) is 5.75 Å². The largest absolute Gasteiger partial charge is 0.508 e. The van der Waals surface area contributed by atoms with Crippen molar-refractivity contribution >= 4 is 0 Å². The average molecular weight is 219 g/mol. The van der Waals surface area contributed by atoms with Crippen molar-refractivity contribution in [3.63, 3.8) is 0 Å². The number of phenols is 1. The Morgan fingerprint density at radius 1 is 1.25 bits per heavy atom. The van der Waals surface area contributed by atoms with Crippen molar-refractivity contribution in [1.29, 1.82) is 0 Å². The number of benzene rings is 1. The van der Waals surface area contributed by atoms with Gasteiger partial charge in [-0.25, -0.2) is 0 Å². The summed E-state index contributed by atoms with van der Waals surface area (Å²) in [7, 11) is 0. The van der Waals surface area contributed by atoms with Gasteiger partial charge in [-0.2, -0.15) is 0 Å². The summed E-state index contributed by atoms with van der Waals surface area (Å²) in [6.45, 7) is 5.56. The number of piperidine rings is 1. The standard InChI is InChI=1S/C14H21NO/c1-11-5-3-6-12(2)15(11)10-13-7-4-8-14(16)9-13/h4,7-9,11-12,16H,3,5-6,10H2,1-2H3/t11-,12+. The summed E-state index contributed by atoms with van der Waals surface area (Å²) in [5.41, 5.74) is 1.21. The first-order valence-electron chi connectivity index (χ1n) is 6.20. The van der Waals surface area contributed by atoms with Gasteiger partial charge in [0.05, 0.1) is 0 Å². The first-order chi connectivity index (χ1) is 7.66. The summed E-state index contributed by atoms with van der Waals surface area (Å²) >= 11 is 0. The summed E-state index contributed by atoms with van der Waals surface area (Å²) in [4.78, 5) is 2.54. The number of phenolic OH excluding ortho intramolecular Hbond substituents is 1. The van der Waals surface area contributed by atoms with Crippen molar-refractivity contribution in [3.05, 3.63) is 29.8 Å². The van der Waals surface area contributed by atoms with E-state index < -0.39 is 0 Å². The summed E-state index contributed by atoms with van der Waals surface area (Å²) in [5.74, 6) is 0.370. The molecule has 1 aromatic carbocycles. The Balaban J connectivity index is 2.07. The molecule has 0 bridgehead atoms. The van der Waals surface area contributed by atoms with E-state index in [0.29, 0.717) is 17.8 Å². The van der Waals surface area contributed by atoms with Crippen LogP contribution >= 0.6 is 0 Å². The van der Waals surface area contributed by atoms with E-state index in [4.69, 9.17) is 0 Å². The van der Waals surface area contributed by atoms with Gasteiger partial charge in [-0.3, -0.25) is 4.90 Å². The van der Waals surface area contributed by atoms with Gasteiger partial charge in [0.25, 0.3) is 0 Å². The zero-order valence-corrected chi connectivity index (χ0v) is 10.2. The Labute approximate surface area is 97.9 Å². The first kappa shape index (κ1) is 11.5. The molecule has 1 fully saturated rings. The third-order valence-corrected chi connectivity index (χ3v) is 3.65. The molecule has 1 N–H and O–H groups in total. The van der Waals surface area contributed by atoms with E-state index in [9.17, 15) is 5.11 Å². The number of nitrogens with zero attached hydrogens (tertiary/aromatic N) is 1. The summed E-state index contributed by atoms with van der Waals surface area (Å²) in [6.07, 6.45) is 3.94. The molecule has 0 aliphatic carbocycles. The maximum Gasteiger partial charge on any atom is 0.115 e. The van der Waals surface area contributed by atoms with E-state index in [1.165, 1.54) is 24.8 Å². The molecular formula is C14H21NO. The smallest absolute Gasteiger partial charge is 0.115 e. The molecular weight excluding hydrogens is 198 g/mol. The molecule has 2 heteroatoms. The molecule has 1 saturated heterocycles. The SMILES string of the molecule is C[C@@H]1CCC[C@H](C)N1Cc1cccc(O)c1. The highest BCUT2D eigenvalue weighted by Gasteiger charge is 2.24. The van der Waals surface area contributed by atoms with Crippen molar-refractivity contribution in [2.75, 3.05) is 0 Å². The normalized spacial score (nSPS) is 26.9. The van der Waals surface area contributed by atoms with Crippen LogP contribution in [0.15, 0.2) is 24.3 Å². The van der Waals surface area contributed by atoms with Crippen molar-refractivity contribution < 1.29 is 5.11 Å². The van der Waals surface area contributed by atoms with Crippen LogP contribution in [0.1, 0.15) is 38.7 Å². The zero-order chi connectivity index (χ0) is 11.5. The van der Waals surface area contributed by atoms with Gasteiger partial charge in [-0.1, -0.05) is 18.6 Å². The molecule has 0 saturated carbocycles.